The van der Waals surface area contributed by atoms with E-state index in [1.165, 1.54) is 12.1 Å². The highest BCUT2D eigenvalue weighted by Gasteiger charge is 2.31. The van der Waals surface area contributed by atoms with Gasteiger partial charge < -0.3 is 25.8 Å². The molecule has 3 aromatic carbocycles. The third kappa shape index (κ3) is 7.16. The maximum Gasteiger partial charge on any atom is 0.416 e. The van der Waals surface area contributed by atoms with Gasteiger partial charge in [0.1, 0.15) is 5.82 Å². The molecule has 3 N–H and O–H groups in total. The minimum atomic E-state index is -4.55. The number of piperazine rings is 1. The summed E-state index contributed by atoms with van der Waals surface area (Å²) >= 11 is 0. The molecule has 0 unspecified atom stereocenters. The Balaban J connectivity index is 1.23. The third-order valence-corrected chi connectivity index (χ3v) is 8.76. The highest BCUT2D eigenvalue weighted by molar-refractivity contribution is 6.04. The summed E-state index contributed by atoms with van der Waals surface area (Å²) in [6, 6.07) is 17.4. The van der Waals surface area contributed by atoms with E-state index in [-0.39, 0.29) is 5.56 Å². The van der Waals surface area contributed by atoms with Crippen molar-refractivity contribution in [3.8, 4) is 5.82 Å². The summed E-state index contributed by atoms with van der Waals surface area (Å²) in [5.74, 6) is 1.55. The van der Waals surface area contributed by atoms with E-state index in [9.17, 15) is 18.0 Å². The number of aryl methyl sites for hydroxylation is 2. The van der Waals surface area contributed by atoms with Crippen LogP contribution in [0.15, 0.2) is 66.7 Å². The van der Waals surface area contributed by atoms with E-state index in [0.29, 0.717) is 17.3 Å². The van der Waals surface area contributed by atoms with E-state index in [2.05, 4.69) is 32.8 Å². The molecule has 1 aliphatic rings. The minimum absolute atomic E-state index is 0.0870. The van der Waals surface area contributed by atoms with Crippen molar-refractivity contribution in [2.45, 2.75) is 26.4 Å². The number of imidazole rings is 1. The Kier molecular flexibility index (Phi) is 9.42. The summed E-state index contributed by atoms with van der Waals surface area (Å²) in [4.78, 5) is 22.7. The maximum atomic E-state index is 13.2. The number of nitrogens with one attached hydrogen (secondary N) is 3. The Morgan fingerprint density at radius 1 is 0.938 bits per heavy atom. The van der Waals surface area contributed by atoms with Crippen molar-refractivity contribution in [2.75, 3.05) is 62.3 Å². The van der Waals surface area contributed by atoms with Crippen LogP contribution in [0.1, 0.15) is 33.5 Å². The molecule has 48 heavy (non-hydrogen) atoms. The van der Waals surface area contributed by atoms with Crippen LogP contribution in [0.5, 0.6) is 0 Å². The van der Waals surface area contributed by atoms with Crippen molar-refractivity contribution < 1.29 is 18.0 Å². The zero-order chi connectivity index (χ0) is 34.0. The molecule has 2 aromatic heterocycles. The molecule has 3 heterocycles. The number of rotatable bonds is 10. The molecule has 0 radical (unpaired) electrons. The molecule has 6 rings (SSSR count). The van der Waals surface area contributed by atoms with E-state index in [0.717, 1.165) is 91.6 Å². The van der Waals surface area contributed by atoms with E-state index < -0.39 is 17.6 Å². The first-order valence-corrected chi connectivity index (χ1v) is 16.0. The van der Waals surface area contributed by atoms with Gasteiger partial charge in [0.25, 0.3) is 5.91 Å². The van der Waals surface area contributed by atoms with Gasteiger partial charge in [-0.05, 0) is 81.9 Å². The number of aromatic nitrogens is 4. The maximum absolute atomic E-state index is 13.2. The van der Waals surface area contributed by atoms with Crippen molar-refractivity contribution in [3.05, 3.63) is 89.0 Å². The van der Waals surface area contributed by atoms with Gasteiger partial charge in [-0.2, -0.15) is 18.3 Å². The van der Waals surface area contributed by atoms with Crippen molar-refractivity contribution in [1.82, 2.24) is 29.1 Å². The third-order valence-electron chi connectivity index (χ3n) is 8.76. The number of amides is 1. The van der Waals surface area contributed by atoms with Crippen LogP contribution in [0.4, 0.5) is 36.3 Å². The average molecular weight is 660 g/mol. The fourth-order valence-electron chi connectivity index (χ4n) is 5.98. The molecule has 5 aromatic rings. The predicted molar refractivity (Wildman–Crippen MR) is 183 cm³/mol. The van der Waals surface area contributed by atoms with E-state index in [1.807, 2.05) is 60.5 Å². The molecule has 0 bridgehead atoms. The number of carbonyl (C=O) groups excluding carboxylic acids is 1. The molecule has 1 saturated heterocycles. The minimum Gasteiger partial charge on any atom is -0.370 e. The van der Waals surface area contributed by atoms with Gasteiger partial charge in [0, 0.05) is 62.3 Å². The standard InChI is InChI=1S/C35H40F3N9O/c1-23-13-14-27(40-33(48)25-9-7-10-26(21-25)35(36,37)38)22-29(23)42-34-41-28-11-5-6-12-30(28)47(34)32-24(2)31(45(4)43-32)39-15-8-16-46-19-17-44(3)18-20-46/h5-7,9-14,21-22,39H,8,15-20H2,1-4H3,(H,40,48)(H,41,42). The highest BCUT2D eigenvalue weighted by atomic mass is 19.4. The lowest BCUT2D eigenvalue weighted by Crippen LogP contribution is -2.44. The van der Waals surface area contributed by atoms with E-state index in [4.69, 9.17) is 10.1 Å². The number of halogens is 3. The van der Waals surface area contributed by atoms with Gasteiger partial charge in [-0.25, -0.2) is 4.98 Å². The van der Waals surface area contributed by atoms with E-state index in [1.54, 1.807) is 12.1 Å². The molecular formula is C35H40F3N9O. The molecule has 10 nitrogen and oxygen atoms in total. The lowest BCUT2D eigenvalue weighted by molar-refractivity contribution is -0.137. The predicted octanol–water partition coefficient (Wildman–Crippen LogP) is 6.44. The van der Waals surface area contributed by atoms with Crippen LogP contribution >= 0.6 is 0 Å². The summed E-state index contributed by atoms with van der Waals surface area (Å²) in [7, 11) is 4.09. The number of nitrogens with zero attached hydrogens (tertiary/aromatic N) is 6. The smallest absolute Gasteiger partial charge is 0.370 e. The largest absolute Gasteiger partial charge is 0.416 e. The number of hydrogen-bond donors (Lipinski definition) is 3. The zero-order valence-electron chi connectivity index (χ0n) is 27.5. The number of benzene rings is 3. The first-order chi connectivity index (χ1) is 23.0. The fourth-order valence-corrected chi connectivity index (χ4v) is 5.98. The Morgan fingerprint density at radius 2 is 1.71 bits per heavy atom. The van der Waals surface area contributed by atoms with Crippen molar-refractivity contribution >= 4 is 40.1 Å². The molecule has 1 fully saturated rings. The molecule has 0 atom stereocenters. The Hall–Kier alpha value is -4.88. The fraction of sp³-hybridized carbons (Fsp3) is 0.343. The van der Waals surface area contributed by atoms with Gasteiger partial charge in [-0.3, -0.25) is 14.0 Å². The van der Waals surface area contributed by atoms with Crippen molar-refractivity contribution in [2.24, 2.45) is 7.05 Å². The Bertz CT molecular complexity index is 1920. The number of anilines is 4. The molecule has 1 aliphatic heterocycles. The van der Waals surface area contributed by atoms with Gasteiger partial charge in [0.05, 0.1) is 16.6 Å². The van der Waals surface area contributed by atoms with Gasteiger partial charge in [-0.15, -0.1) is 0 Å². The van der Waals surface area contributed by atoms with Crippen molar-refractivity contribution in [1.29, 1.82) is 0 Å². The lowest BCUT2D eigenvalue weighted by atomic mass is 10.1. The van der Waals surface area contributed by atoms with Crippen LogP contribution in [0.25, 0.3) is 16.9 Å². The zero-order valence-corrected chi connectivity index (χ0v) is 27.5. The van der Waals surface area contributed by atoms with Gasteiger partial charge >= 0.3 is 6.18 Å². The summed E-state index contributed by atoms with van der Waals surface area (Å²) in [5, 5.41) is 14.7. The second-order valence-electron chi connectivity index (χ2n) is 12.3. The number of fused-ring (bicyclic) bond motifs is 1. The first-order valence-electron chi connectivity index (χ1n) is 16.0. The van der Waals surface area contributed by atoms with Gasteiger partial charge in [0.2, 0.25) is 5.95 Å². The monoisotopic (exact) mass is 659 g/mol. The molecule has 0 aliphatic carbocycles. The molecule has 1 amide bonds. The summed E-state index contributed by atoms with van der Waals surface area (Å²) in [5.41, 5.74) is 3.63. The quantitative estimate of drug-likeness (QED) is 0.149. The van der Waals surface area contributed by atoms with Crippen LogP contribution in [-0.4, -0.2) is 81.4 Å². The Morgan fingerprint density at radius 3 is 2.48 bits per heavy atom. The van der Waals surface area contributed by atoms with E-state index >= 15 is 0 Å². The number of hydrogen-bond acceptors (Lipinski definition) is 7. The van der Waals surface area contributed by atoms with Crippen LogP contribution in [0.3, 0.4) is 0 Å². The molecule has 252 valence electrons. The lowest BCUT2D eigenvalue weighted by Gasteiger charge is -2.32. The number of carbonyl (C=O) groups is 1. The van der Waals surface area contributed by atoms with Gasteiger partial charge in [-0.1, -0.05) is 24.3 Å². The molecule has 13 heteroatoms. The Labute approximate surface area is 277 Å². The summed E-state index contributed by atoms with van der Waals surface area (Å²) < 4.78 is 43.5. The first kappa shape index (κ1) is 33.0. The molecular weight excluding hydrogens is 619 g/mol. The number of likely N-dealkylation sites (N-methyl/N-ethyl adjacent to an activating group) is 1. The average Bonchev–Trinajstić information content (AvgIpc) is 3.56. The van der Waals surface area contributed by atoms with Crippen LogP contribution < -0.4 is 16.0 Å². The molecule has 0 saturated carbocycles. The van der Waals surface area contributed by atoms with Crippen molar-refractivity contribution in [3.63, 3.8) is 0 Å². The highest BCUT2D eigenvalue weighted by Crippen LogP contribution is 2.33. The second kappa shape index (κ2) is 13.7. The number of para-hydroxylation sites is 2. The molecule has 0 spiro atoms. The SMILES string of the molecule is Cc1ccc(NC(=O)c2cccc(C(F)(F)F)c2)cc1Nc1nc2ccccc2n1-c1nn(C)c(NCCCN2CCN(C)CC2)c1C. The second-order valence-corrected chi connectivity index (χ2v) is 12.3. The number of alkyl halides is 3. The topological polar surface area (TPSA) is 95.3 Å². The normalized spacial score (nSPS) is 14.4. The van der Waals surface area contributed by atoms with Crippen LogP contribution in [-0.2, 0) is 13.2 Å². The van der Waals surface area contributed by atoms with Crippen LogP contribution in [0.2, 0.25) is 0 Å². The summed E-state index contributed by atoms with van der Waals surface area (Å²) in [6.45, 7) is 10.2. The van der Waals surface area contributed by atoms with Gasteiger partial charge in [0.15, 0.2) is 5.82 Å². The van der Waals surface area contributed by atoms with Crippen LogP contribution in [0, 0.1) is 13.8 Å². The summed E-state index contributed by atoms with van der Waals surface area (Å²) in [6.07, 6.45) is -3.53.